The number of aromatic nitrogens is 4. The van der Waals surface area contributed by atoms with Gasteiger partial charge in [0.1, 0.15) is 11.5 Å². The molecular formula is C30H27FN6O. The number of hydrogen-bond donors (Lipinski definition) is 1. The lowest BCUT2D eigenvalue weighted by Crippen LogP contribution is -2.33. The number of likely N-dealkylation sites (tertiary alicyclic amines) is 2. The predicted molar refractivity (Wildman–Crippen MR) is 145 cm³/mol. The van der Waals surface area contributed by atoms with Crippen LogP contribution in [-0.4, -0.2) is 68.9 Å². The lowest BCUT2D eigenvalue weighted by Gasteiger charge is -2.24. The molecule has 0 radical (unpaired) electrons. The lowest BCUT2D eigenvalue weighted by atomic mass is 9.86. The van der Waals surface area contributed by atoms with Gasteiger partial charge in [0.25, 0.3) is 5.91 Å². The van der Waals surface area contributed by atoms with Gasteiger partial charge in [0.05, 0.1) is 23.6 Å². The van der Waals surface area contributed by atoms with Gasteiger partial charge in [-0.1, -0.05) is 12.1 Å². The molecule has 7 nitrogen and oxygen atoms in total. The maximum atomic E-state index is 15.4. The summed E-state index contributed by atoms with van der Waals surface area (Å²) in [5.74, 6) is -0.369. The Morgan fingerprint density at radius 1 is 1.00 bits per heavy atom. The number of pyridine rings is 3. The zero-order chi connectivity index (χ0) is 25.9. The highest BCUT2D eigenvalue weighted by atomic mass is 19.1. The minimum Gasteiger partial charge on any atom is -0.338 e. The maximum Gasteiger partial charge on any atom is 0.253 e. The largest absolute Gasteiger partial charge is 0.338 e. The molecule has 7 rings (SSSR count). The standard InChI is InChI=1S/C30H27FN6O/c1-36-11-8-30(17-36)9-12-37(18-30)29(38)20-6-4-19(5-7-20)26-23(31)15-34-28-27(26)22-13-24(33-16-25(22)35-28)21-3-2-10-32-14-21/h2-7,10,13-16H,8-9,11-12,17-18H2,1H3,(H,34,35). The first kappa shape index (κ1) is 23.0. The van der Waals surface area contributed by atoms with Crippen molar-refractivity contribution >= 4 is 27.8 Å². The summed E-state index contributed by atoms with van der Waals surface area (Å²) in [6.07, 6.45) is 8.65. The molecule has 6 heterocycles. The molecule has 190 valence electrons. The van der Waals surface area contributed by atoms with Gasteiger partial charge >= 0.3 is 0 Å². The van der Waals surface area contributed by atoms with Gasteiger partial charge in [-0.15, -0.1) is 0 Å². The van der Waals surface area contributed by atoms with E-state index in [4.69, 9.17) is 0 Å². The fourth-order valence-electron chi connectivity index (χ4n) is 6.25. The first-order valence-electron chi connectivity index (χ1n) is 12.9. The third-order valence-electron chi connectivity index (χ3n) is 8.19. The van der Waals surface area contributed by atoms with Crippen molar-refractivity contribution in [3.8, 4) is 22.4 Å². The summed E-state index contributed by atoms with van der Waals surface area (Å²) in [5, 5.41) is 1.53. The van der Waals surface area contributed by atoms with Crippen LogP contribution in [-0.2, 0) is 0 Å². The fraction of sp³-hybridized carbons (Fsp3) is 0.267. The number of carbonyl (C=O) groups excluding carboxylic acids is 1. The Morgan fingerprint density at radius 3 is 2.61 bits per heavy atom. The van der Waals surface area contributed by atoms with Crippen molar-refractivity contribution in [2.24, 2.45) is 5.41 Å². The van der Waals surface area contributed by atoms with Gasteiger partial charge in [0, 0.05) is 64.9 Å². The summed E-state index contributed by atoms with van der Waals surface area (Å²) < 4.78 is 15.4. The number of aromatic amines is 1. The van der Waals surface area contributed by atoms with Gasteiger partial charge in [-0.05, 0) is 62.3 Å². The number of H-pyrrole nitrogens is 1. The molecule has 4 aromatic heterocycles. The van der Waals surface area contributed by atoms with Crippen LogP contribution in [0.4, 0.5) is 4.39 Å². The molecule has 1 spiro atoms. The Kier molecular flexibility index (Phi) is 5.26. The summed E-state index contributed by atoms with van der Waals surface area (Å²) in [6.45, 7) is 3.74. The van der Waals surface area contributed by atoms with Crippen molar-refractivity contribution in [2.45, 2.75) is 12.8 Å². The highest BCUT2D eigenvalue weighted by Gasteiger charge is 2.43. The zero-order valence-electron chi connectivity index (χ0n) is 21.1. The van der Waals surface area contributed by atoms with Crippen molar-refractivity contribution in [1.82, 2.24) is 29.7 Å². The van der Waals surface area contributed by atoms with E-state index < -0.39 is 5.82 Å². The third-order valence-corrected chi connectivity index (χ3v) is 8.19. The van der Waals surface area contributed by atoms with Crippen LogP contribution in [0.3, 0.4) is 0 Å². The minimum absolute atomic E-state index is 0.0441. The molecule has 2 aliphatic rings. The smallest absolute Gasteiger partial charge is 0.253 e. The van der Waals surface area contributed by atoms with Gasteiger partial charge in [0.15, 0.2) is 0 Å². The Bertz CT molecular complexity index is 1680. The average molecular weight is 507 g/mol. The van der Waals surface area contributed by atoms with Gasteiger partial charge in [-0.3, -0.25) is 14.8 Å². The predicted octanol–water partition coefficient (Wildman–Crippen LogP) is 5.15. The number of amides is 1. The number of benzene rings is 1. The Hall–Kier alpha value is -4.17. The minimum atomic E-state index is -0.413. The SMILES string of the molecule is CN1CCC2(CCN(C(=O)c3ccc(-c4c(F)cnc5[nH]c6cnc(-c7cccnc7)cc6c45)cc3)C2)C1. The highest BCUT2D eigenvalue weighted by Crippen LogP contribution is 2.40. The quantitative estimate of drug-likeness (QED) is 0.366. The van der Waals surface area contributed by atoms with Crippen molar-refractivity contribution in [3.63, 3.8) is 0 Å². The number of fused-ring (bicyclic) bond motifs is 3. The lowest BCUT2D eigenvalue weighted by molar-refractivity contribution is 0.0774. The van der Waals surface area contributed by atoms with E-state index in [1.807, 2.05) is 47.4 Å². The van der Waals surface area contributed by atoms with Gasteiger partial charge in [-0.25, -0.2) is 9.37 Å². The average Bonchev–Trinajstić information content (AvgIpc) is 3.65. The molecule has 1 N–H and O–H groups in total. The van der Waals surface area contributed by atoms with Crippen molar-refractivity contribution < 1.29 is 9.18 Å². The molecule has 5 aromatic rings. The van der Waals surface area contributed by atoms with E-state index in [2.05, 4.69) is 31.9 Å². The molecular weight excluding hydrogens is 479 g/mol. The number of nitrogens with one attached hydrogen (secondary N) is 1. The van der Waals surface area contributed by atoms with Crippen LogP contribution < -0.4 is 0 Å². The number of rotatable bonds is 3. The Morgan fingerprint density at radius 2 is 1.84 bits per heavy atom. The summed E-state index contributed by atoms with van der Waals surface area (Å²) in [4.78, 5) is 34.0. The molecule has 0 aliphatic carbocycles. The molecule has 2 fully saturated rings. The van der Waals surface area contributed by atoms with Crippen molar-refractivity contribution in [1.29, 1.82) is 0 Å². The Labute approximate surface area is 219 Å². The molecule has 1 aromatic carbocycles. The van der Waals surface area contributed by atoms with Crippen LogP contribution in [0.5, 0.6) is 0 Å². The van der Waals surface area contributed by atoms with E-state index in [-0.39, 0.29) is 11.3 Å². The van der Waals surface area contributed by atoms with E-state index >= 15 is 4.39 Å². The van der Waals surface area contributed by atoms with E-state index in [0.29, 0.717) is 27.7 Å². The summed E-state index contributed by atoms with van der Waals surface area (Å²) in [6, 6.07) is 13.0. The highest BCUT2D eigenvalue weighted by molar-refractivity contribution is 6.13. The van der Waals surface area contributed by atoms with Gasteiger partial charge < -0.3 is 14.8 Å². The fourth-order valence-corrected chi connectivity index (χ4v) is 6.25. The van der Waals surface area contributed by atoms with Crippen LogP contribution in [0, 0.1) is 11.2 Å². The number of halogens is 1. The monoisotopic (exact) mass is 506 g/mol. The normalized spacial score (nSPS) is 19.8. The van der Waals surface area contributed by atoms with Crippen LogP contribution in [0.25, 0.3) is 44.3 Å². The molecule has 8 heteroatoms. The molecule has 0 bridgehead atoms. The molecule has 0 saturated carbocycles. The molecule has 1 unspecified atom stereocenters. The summed E-state index contributed by atoms with van der Waals surface area (Å²) >= 11 is 0. The first-order valence-corrected chi connectivity index (χ1v) is 12.9. The third kappa shape index (κ3) is 3.75. The Balaban J connectivity index is 1.25. The second-order valence-corrected chi connectivity index (χ2v) is 10.7. The van der Waals surface area contributed by atoms with Gasteiger partial charge in [-0.2, -0.15) is 0 Å². The van der Waals surface area contributed by atoms with Crippen molar-refractivity contribution in [2.75, 3.05) is 33.2 Å². The maximum absolute atomic E-state index is 15.4. The van der Waals surface area contributed by atoms with Crippen molar-refractivity contribution in [3.05, 3.63) is 78.6 Å². The van der Waals surface area contributed by atoms with Gasteiger partial charge in [0.2, 0.25) is 0 Å². The van der Waals surface area contributed by atoms with Crippen LogP contribution in [0.1, 0.15) is 23.2 Å². The zero-order valence-corrected chi connectivity index (χ0v) is 21.1. The molecule has 1 amide bonds. The van der Waals surface area contributed by atoms with E-state index in [1.54, 1.807) is 18.6 Å². The van der Waals surface area contributed by atoms with E-state index in [9.17, 15) is 4.79 Å². The summed E-state index contributed by atoms with van der Waals surface area (Å²) in [7, 11) is 2.15. The topological polar surface area (TPSA) is 78.0 Å². The summed E-state index contributed by atoms with van der Waals surface area (Å²) in [5.41, 5.74) is 5.01. The van der Waals surface area contributed by atoms with Crippen LogP contribution in [0.15, 0.2) is 67.3 Å². The second-order valence-electron chi connectivity index (χ2n) is 10.7. The first-order chi connectivity index (χ1) is 18.5. The number of carbonyl (C=O) groups is 1. The second kappa shape index (κ2) is 8.70. The number of hydrogen-bond acceptors (Lipinski definition) is 5. The molecule has 2 saturated heterocycles. The molecule has 2 aliphatic heterocycles. The van der Waals surface area contributed by atoms with E-state index in [0.717, 1.165) is 61.2 Å². The number of nitrogens with zero attached hydrogens (tertiary/aromatic N) is 5. The van der Waals surface area contributed by atoms with E-state index in [1.165, 1.54) is 6.20 Å². The molecule has 38 heavy (non-hydrogen) atoms. The van der Waals surface area contributed by atoms with Crippen LogP contribution in [0.2, 0.25) is 0 Å². The van der Waals surface area contributed by atoms with Crippen LogP contribution >= 0.6 is 0 Å². The molecule has 1 atom stereocenters.